The van der Waals surface area contributed by atoms with E-state index in [4.69, 9.17) is 0 Å². The third kappa shape index (κ3) is 5.46. The van der Waals surface area contributed by atoms with E-state index < -0.39 is 0 Å². The van der Waals surface area contributed by atoms with E-state index in [9.17, 15) is 10.2 Å². The lowest BCUT2D eigenvalue weighted by Gasteiger charge is -2.17. The molecule has 1 aromatic heterocycles. The van der Waals surface area contributed by atoms with Crippen molar-refractivity contribution in [2.24, 2.45) is 11.0 Å². The highest BCUT2D eigenvalue weighted by atomic mass is 32.1. The highest BCUT2D eigenvalue weighted by molar-refractivity contribution is 7.22. The van der Waals surface area contributed by atoms with Crippen molar-refractivity contribution >= 4 is 32.9 Å². The summed E-state index contributed by atoms with van der Waals surface area (Å²) in [5, 5.41) is 26.0. The normalized spacial score (nSPS) is 12.2. The van der Waals surface area contributed by atoms with Crippen molar-refractivity contribution in [3.63, 3.8) is 0 Å². The summed E-state index contributed by atoms with van der Waals surface area (Å²) in [5.74, 6) is 0.157. The van der Waals surface area contributed by atoms with Crippen molar-refractivity contribution < 1.29 is 10.2 Å². The van der Waals surface area contributed by atoms with Crippen LogP contribution in [0.15, 0.2) is 65.7 Å². The van der Waals surface area contributed by atoms with Gasteiger partial charge in [-0.3, -0.25) is 0 Å². The lowest BCUT2D eigenvalue weighted by molar-refractivity contribution is 0.421. The molecule has 25 heavy (non-hydrogen) atoms. The van der Waals surface area contributed by atoms with E-state index in [-0.39, 0.29) is 11.5 Å². The summed E-state index contributed by atoms with van der Waals surface area (Å²) in [4.78, 5) is 4.63. The lowest BCUT2D eigenvalue weighted by Crippen LogP contribution is -2.19. The smallest absolute Gasteiger partial charge is 0.207 e. The number of benzene rings is 1. The first-order valence-corrected chi connectivity index (χ1v) is 8.83. The van der Waals surface area contributed by atoms with Gasteiger partial charge in [0.2, 0.25) is 5.13 Å². The standard InChI is InChI=1S/C19H23N3O2S/c1-13(2)9-10-22(20-12-16(15(4)24)11-14(3)23)19-21-17-7-5-6-8-18(17)25-19/h5-8,11-13,23-24H,3-4,9-10H2,1-2H3/b16-11-,20-12+. The number of aliphatic hydroxyl groups excluding tert-OH is 2. The van der Waals surface area contributed by atoms with Gasteiger partial charge < -0.3 is 10.2 Å². The zero-order chi connectivity index (χ0) is 18.4. The van der Waals surface area contributed by atoms with E-state index in [0.717, 1.165) is 21.8 Å². The Balaban J connectivity index is 2.33. The molecule has 0 saturated carbocycles. The van der Waals surface area contributed by atoms with Crippen LogP contribution in [-0.2, 0) is 0 Å². The van der Waals surface area contributed by atoms with Crippen molar-refractivity contribution in [3.05, 3.63) is 60.6 Å². The molecule has 0 fully saturated rings. The number of hydrogen-bond acceptors (Lipinski definition) is 6. The van der Waals surface area contributed by atoms with Gasteiger partial charge in [-0.25, -0.2) is 9.99 Å². The lowest BCUT2D eigenvalue weighted by atomic mass is 10.1. The fourth-order valence-corrected chi connectivity index (χ4v) is 3.01. The summed E-state index contributed by atoms with van der Waals surface area (Å²) in [6.07, 6.45) is 3.71. The summed E-state index contributed by atoms with van der Waals surface area (Å²) >= 11 is 1.56. The van der Waals surface area contributed by atoms with Gasteiger partial charge >= 0.3 is 0 Å². The SMILES string of the molecule is C=C(O)/C=C(/C=N/N(CCC(C)C)c1nc2ccccc2s1)C(=C)O. The first kappa shape index (κ1) is 18.7. The quantitative estimate of drug-likeness (QED) is 0.295. The van der Waals surface area contributed by atoms with Crippen molar-refractivity contribution in [1.82, 2.24) is 4.98 Å². The largest absolute Gasteiger partial charge is 0.509 e. The van der Waals surface area contributed by atoms with Crippen LogP contribution in [0, 0.1) is 5.92 Å². The fraction of sp³-hybridized carbons (Fsp3) is 0.263. The molecule has 6 heteroatoms. The molecule has 0 radical (unpaired) electrons. The van der Waals surface area contributed by atoms with Crippen molar-refractivity contribution in [2.75, 3.05) is 11.6 Å². The molecule has 0 atom stereocenters. The summed E-state index contributed by atoms with van der Waals surface area (Å²) in [6.45, 7) is 11.9. The van der Waals surface area contributed by atoms with Crippen LogP contribution in [0.3, 0.4) is 0 Å². The van der Waals surface area contributed by atoms with Gasteiger partial charge in [0.15, 0.2) is 0 Å². The Hall–Kier alpha value is -2.60. The maximum Gasteiger partial charge on any atom is 0.207 e. The van der Waals surface area contributed by atoms with E-state index in [2.05, 4.69) is 37.1 Å². The number of aromatic nitrogens is 1. The summed E-state index contributed by atoms with van der Waals surface area (Å²) in [5.41, 5.74) is 1.22. The number of nitrogens with zero attached hydrogens (tertiary/aromatic N) is 3. The van der Waals surface area contributed by atoms with Gasteiger partial charge in [-0.2, -0.15) is 5.10 Å². The molecule has 0 spiro atoms. The topological polar surface area (TPSA) is 69.0 Å². The predicted molar refractivity (Wildman–Crippen MR) is 107 cm³/mol. The number of thiazole rings is 1. The maximum atomic E-state index is 9.64. The third-order valence-electron chi connectivity index (χ3n) is 3.41. The number of anilines is 1. The molecule has 2 rings (SSSR count). The minimum absolute atomic E-state index is 0.176. The van der Waals surface area contributed by atoms with Gasteiger partial charge in [-0.1, -0.05) is 50.5 Å². The van der Waals surface area contributed by atoms with Gasteiger partial charge in [-0.15, -0.1) is 0 Å². The Bertz CT molecular complexity index is 788. The van der Waals surface area contributed by atoms with Crippen molar-refractivity contribution in [3.8, 4) is 0 Å². The van der Waals surface area contributed by atoms with Gasteiger partial charge in [0, 0.05) is 12.1 Å². The summed E-state index contributed by atoms with van der Waals surface area (Å²) in [6, 6.07) is 7.93. The van der Waals surface area contributed by atoms with Crippen LogP contribution in [0.2, 0.25) is 0 Å². The Kier molecular flexibility index (Phi) is 6.36. The third-order valence-corrected chi connectivity index (χ3v) is 4.46. The van der Waals surface area contributed by atoms with E-state index in [1.807, 2.05) is 29.3 Å². The number of fused-ring (bicyclic) bond motifs is 1. The van der Waals surface area contributed by atoms with Crippen LogP contribution in [0.4, 0.5) is 5.13 Å². The Morgan fingerprint density at radius 2 is 2.04 bits per heavy atom. The minimum Gasteiger partial charge on any atom is -0.509 e. The molecule has 2 N–H and O–H groups in total. The molecule has 132 valence electrons. The molecule has 0 saturated heterocycles. The number of rotatable bonds is 8. The van der Waals surface area contributed by atoms with Gasteiger partial charge in [0.05, 0.1) is 16.4 Å². The molecule has 5 nitrogen and oxygen atoms in total. The molecular weight excluding hydrogens is 334 g/mol. The first-order valence-electron chi connectivity index (χ1n) is 8.01. The van der Waals surface area contributed by atoms with Crippen LogP contribution in [0.5, 0.6) is 0 Å². The van der Waals surface area contributed by atoms with E-state index in [1.54, 1.807) is 11.3 Å². The highest BCUT2D eigenvalue weighted by Crippen LogP contribution is 2.29. The number of hydrazone groups is 1. The second-order valence-electron chi connectivity index (χ2n) is 6.05. The Morgan fingerprint density at radius 3 is 2.64 bits per heavy atom. The minimum atomic E-state index is -0.188. The average molecular weight is 357 g/mol. The highest BCUT2D eigenvalue weighted by Gasteiger charge is 2.12. The van der Waals surface area contributed by atoms with E-state index >= 15 is 0 Å². The average Bonchev–Trinajstić information content (AvgIpc) is 2.96. The molecule has 2 aromatic rings. The van der Waals surface area contributed by atoms with Gasteiger partial charge in [-0.05, 0) is 30.5 Å². The Morgan fingerprint density at radius 1 is 1.32 bits per heavy atom. The van der Waals surface area contributed by atoms with Crippen LogP contribution >= 0.6 is 11.3 Å². The number of allylic oxidation sites excluding steroid dienone is 2. The number of aliphatic hydroxyl groups is 2. The molecule has 0 unspecified atom stereocenters. The van der Waals surface area contributed by atoms with Crippen LogP contribution in [0.1, 0.15) is 20.3 Å². The molecule has 1 aromatic carbocycles. The van der Waals surface area contributed by atoms with E-state index in [1.165, 1.54) is 12.3 Å². The maximum absolute atomic E-state index is 9.64. The van der Waals surface area contributed by atoms with Gasteiger partial charge in [0.25, 0.3) is 0 Å². The monoisotopic (exact) mass is 357 g/mol. The second-order valence-corrected chi connectivity index (χ2v) is 7.06. The van der Waals surface area contributed by atoms with Crippen LogP contribution < -0.4 is 5.01 Å². The first-order chi connectivity index (χ1) is 11.9. The molecule has 0 aliphatic carbocycles. The fourth-order valence-electron chi connectivity index (χ4n) is 2.06. The molecule has 0 bridgehead atoms. The Labute approximate surface area is 151 Å². The molecule has 0 aliphatic heterocycles. The number of para-hydroxylation sites is 1. The second kappa shape index (κ2) is 8.48. The van der Waals surface area contributed by atoms with E-state index in [0.29, 0.717) is 18.0 Å². The van der Waals surface area contributed by atoms with Crippen molar-refractivity contribution in [2.45, 2.75) is 20.3 Å². The zero-order valence-electron chi connectivity index (χ0n) is 14.5. The molecule has 0 amide bonds. The van der Waals surface area contributed by atoms with Crippen molar-refractivity contribution in [1.29, 1.82) is 0 Å². The summed E-state index contributed by atoms with van der Waals surface area (Å²) in [7, 11) is 0. The molecular formula is C19H23N3O2S. The van der Waals surface area contributed by atoms with Gasteiger partial charge in [0.1, 0.15) is 11.5 Å². The number of hydrogen-bond donors (Lipinski definition) is 2. The van der Waals surface area contributed by atoms with Crippen LogP contribution in [0.25, 0.3) is 10.2 Å². The molecule has 1 heterocycles. The van der Waals surface area contributed by atoms with Crippen LogP contribution in [-0.4, -0.2) is 28.0 Å². The molecule has 0 aliphatic rings. The summed E-state index contributed by atoms with van der Waals surface area (Å²) < 4.78 is 1.09. The zero-order valence-corrected chi connectivity index (χ0v) is 15.3. The predicted octanol–water partition coefficient (Wildman–Crippen LogP) is 5.20.